The van der Waals surface area contributed by atoms with Crippen molar-refractivity contribution in [1.29, 1.82) is 0 Å². The molecule has 5 heteroatoms. The molecule has 2 aromatic heterocycles. The van der Waals surface area contributed by atoms with Crippen LogP contribution in [0.1, 0.15) is 56.9 Å². The Bertz CT molecular complexity index is 641. The highest BCUT2D eigenvalue weighted by Crippen LogP contribution is 2.21. The SMILES string of the molecule is CC(=O)c1c(C)[nH]c(C(=O)N[C@@H](C)c2cccs2)c1C. The molecule has 0 fully saturated rings. The third-order valence-electron chi connectivity index (χ3n) is 3.33. The smallest absolute Gasteiger partial charge is 0.268 e. The van der Waals surface area contributed by atoms with Crippen molar-refractivity contribution in [2.45, 2.75) is 33.7 Å². The van der Waals surface area contributed by atoms with Crippen LogP contribution in [0.2, 0.25) is 0 Å². The number of hydrogen-bond acceptors (Lipinski definition) is 3. The van der Waals surface area contributed by atoms with Crippen molar-refractivity contribution in [3.63, 3.8) is 0 Å². The van der Waals surface area contributed by atoms with Gasteiger partial charge in [0.1, 0.15) is 5.69 Å². The van der Waals surface area contributed by atoms with E-state index in [0.717, 1.165) is 10.6 Å². The molecule has 2 rings (SSSR count). The van der Waals surface area contributed by atoms with Crippen molar-refractivity contribution in [3.8, 4) is 0 Å². The molecule has 2 N–H and O–H groups in total. The molecule has 0 saturated carbocycles. The highest BCUT2D eigenvalue weighted by atomic mass is 32.1. The molecule has 20 heavy (non-hydrogen) atoms. The van der Waals surface area contributed by atoms with Crippen molar-refractivity contribution in [2.24, 2.45) is 0 Å². The lowest BCUT2D eigenvalue weighted by atomic mass is 10.1. The molecule has 2 aromatic rings. The van der Waals surface area contributed by atoms with Crippen LogP contribution in [0.5, 0.6) is 0 Å². The molecule has 4 nitrogen and oxygen atoms in total. The monoisotopic (exact) mass is 290 g/mol. The molecule has 0 unspecified atom stereocenters. The summed E-state index contributed by atoms with van der Waals surface area (Å²) in [6, 6.07) is 3.90. The number of H-pyrrole nitrogens is 1. The Morgan fingerprint density at radius 1 is 1.35 bits per heavy atom. The second kappa shape index (κ2) is 5.63. The van der Waals surface area contributed by atoms with E-state index in [0.29, 0.717) is 16.8 Å². The topological polar surface area (TPSA) is 62.0 Å². The summed E-state index contributed by atoms with van der Waals surface area (Å²) in [6.07, 6.45) is 0. The summed E-state index contributed by atoms with van der Waals surface area (Å²) in [4.78, 5) is 28.0. The molecular formula is C15H18N2O2S. The lowest BCUT2D eigenvalue weighted by molar-refractivity contribution is 0.0935. The third kappa shape index (κ3) is 2.67. The predicted molar refractivity (Wildman–Crippen MR) is 80.5 cm³/mol. The van der Waals surface area contributed by atoms with Crippen LogP contribution in [-0.4, -0.2) is 16.7 Å². The largest absolute Gasteiger partial charge is 0.354 e. The summed E-state index contributed by atoms with van der Waals surface area (Å²) < 4.78 is 0. The number of carbonyl (C=O) groups is 2. The fourth-order valence-corrected chi connectivity index (χ4v) is 3.12. The van der Waals surface area contributed by atoms with Gasteiger partial charge in [0.25, 0.3) is 5.91 Å². The van der Waals surface area contributed by atoms with E-state index in [2.05, 4.69) is 10.3 Å². The average molecular weight is 290 g/mol. The van der Waals surface area contributed by atoms with Gasteiger partial charge in [-0.1, -0.05) is 6.07 Å². The Morgan fingerprint density at radius 2 is 2.05 bits per heavy atom. The Hall–Kier alpha value is -1.88. The highest BCUT2D eigenvalue weighted by Gasteiger charge is 2.21. The minimum Gasteiger partial charge on any atom is -0.354 e. The van der Waals surface area contributed by atoms with Gasteiger partial charge in [-0.25, -0.2) is 0 Å². The Labute approximate surface area is 122 Å². The highest BCUT2D eigenvalue weighted by molar-refractivity contribution is 7.10. The average Bonchev–Trinajstić information content (AvgIpc) is 2.97. The van der Waals surface area contributed by atoms with Gasteiger partial charge in [-0.2, -0.15) is 0 Å². The van der Waals surface area contributed by atoms with Crippen LogP contribution < -0.4 is 5.32 Å². The van der Waals surface area contributed by atoms with E-state index in [1.54, 1.807) is 18.3 Å². The van der Waals surface area contributed by atoms with Gasteiger partial charge in [0.2, 0.25) is 0 Å². The van der Waals surface area contributed by atoms with Crippen molar-refractivity contribution in [1.82, 2.24) is 10.3 Å². The Balaban J connectivity index is 2.22. The number of aromatic amines is 1. The molecule has 0 aliphatic rings. The van der Waals surface area contributed by atoms with Crippen molar-refractivity contribution in [3.05, 3.63) is 44.9 Å². The third-order valence-corrected chi connectivity index (χ3v) is 4.39. The Morgan fingerprint density at radius 3 is 2.55 bits per heavy atom. The minimum absolute atomic E-state index is 0.0263. The number of carbonyl (C=O) groups excluding carboxylic acids is 2. The first-order valence-electron chi connectivity index (χ1n) is 6.46. The fourth-order valence-electron chi connectivity index (χ4n) is 2.38. The second-order valence-electron chi connectivity index (χ2n) is 4.89. The molecule has 0 radical (unpaired) electrons. The van der Waals surface area contributed by atoms with Crippen LogP contribution in [0.3, 0.4) is 0 Å². The second-order valence-corrected chi connectivity index (χ2v) is 5.87. The first-order chi connectivity index (χ1) is 9.41. The van der Waals surface area contributed by atoms with Crippen molar-refractivity contribution < 1.29 is 9.59 Å². The van der Waals surface area contributed by atoms with Crippen LogP contribution in [0, 0.1) is 13.8 Å². The number of hydrogen-bond donors (Lipinski definition) is 2. The molecule has 0 bridgehead atoms. The summed E-state index contributed by atoms with van der Waals surface area (Å²) in [5.41, 5.74) is 2.53. The van der Waals surface area contributed by atoms with E-state index < -0.39 is 0 Å². The van der Waals surface area contributed by atoms with Crippen LogP contribution in [0.25, 0.3) is 0 Å². The first kappa shape index (κ1) is 14.5. The number of aromatic nitrogens is 1. The van der Waals surface area contributed by atoms with E-state index in [4.69, 9.17) is 0 Å². The molecule has 1 amide bonds. The zero-order chi connectivity index (χ0) is 14.9. The fraction of sp³-hybridized carbons (Fsp3) is 0.333. The van der Waals surface area contributed by atoms with Crippen LogP contribution >= 0.6 is 11.3 Å². The normalized spacial score (nSPS) is 12.2. The molecule has 0 aliphatic carbocycles. The maximum Gasteiger partial charge on any atom is 0.268 e. The molecular weight excluding hydrogens is 272 g/mol. The lowest BCUT2D eigenvalue weighted by Gasteiger charge is -2.11. The zero-order valence-corrected chi connectivity index (χ0v) is 12.9. The van der Waals surface area contributed by atoms with E-state index in [-0.39, 0.29) is 17.7 Å². The van der Waals surface area contributed by atoms with E-state index in [1.807, 2.05) is 31.4 Å². The molecule has 0 spiro atoms. The minimum atomic E-state index is -0.181. The maximum atomic E-state index is 12.3. The number of thiophene rings is 1. The van der Waals surface area contributed by atoms with Crippen LogP contribution in [0.15, 0.2) is 17.5 Å². The van der Waals surface area contributed by atoms with E-state index in [9.17, 15) is 9.59 Å². The number of rotatable bonds is 4. The van der Waals surface area contributed by atoms with Gasteiger partial charge in [0.05, 0.1) is 6.04 Å². The number of Topliss-reactive ketones (excluding diaryl/α,β-unsaturated/α-hetero) is 1. The summed E-state index contributed by atoms with van der Waals surface area (Å²) in [5.74, 6) is -0.208. The van der Waals surface area contributed by atoms with Crippen molar-refractivity contribution in [2.75, 3.05) is 0 Å². The quantitative estimate of drug-likeness (QED) is 0.848. The Kier molecular flexibility index (Phi) is 4.09. The molecule has 2 heterocycles. The van der Waals surface area contributed by atoms with Gasteiger partial charge in [-0.05, 0) is 44.7 Å². The molecule has 0 saturated heterocycles. The molecule has 0 aliphatic heterocycles. The van der Waals surface area contributed by atoms with Gasteiger partial charge in [0.15, 0.2) is 5.78 Å². The van der Waals surface area contributed by atoms with Gasteiger partial charge in [-0.15, -0.1) is 11.3 Å². The van der Waals surface area contributed by atoms with Crippen LogP contribution in [-0.2, 0) is 0 Å². The standard InChI is InChI=1S/C15H18N2O2S/c1-8-13(11(4)18)10(3)16-14(8)15(19)17-9(2)12-6-5-7-20-12/h5-7,9,16H,1-4H3,(H,17,19)/t9-/m0/s1. The molecule has 1 atom stereocenters. The summed E-state index contributed by atoms with van der Waals surface area (Å²) >= 11 is 1.61. The molecule has 0 aromatic carbocycles. The lowest BCUT2D eigenvalue weighted by Crippen LogP contribution is -2.27. The zero-order valence-electron chi connectivity index (χ0n) is 12.0. The van der Waals surface area contributed by atoms with Crippen molar-refractivity contribution >= 4 is 23.0 Å². The van der Waals surface area contributed by atoms with Gasteiger partial charge in [-0.3, -0.25) is 9.59 Å². The number of nitrogens with one attached hydrogen (secondary N) is 2. The first-order valence-corrected chi connectivity index (χ1v) is 7.34. The summed E-state index contributed by atoms with van der Waals surface area (Å²) in [7, 11) is 0. The number of aryl methyl sites for hydroxylation is 1. The summed E-state index contributed by atoms with van der Waals surface area (Å²) in [6.45, 7) is 7.06. The molecule has 106 valence electrons. The van der Waals surface area contributed by atoms with Crippen LogP contribution in [0.4, 0.5) is 0 Å². The predicted octanol–water partition coefficient (Wildman–Crippen LogP) is 3.39. The number of ketones is 1. The summed E-state index contributed by atoms with van der Waals surface area (Å²) in [5, 5.41) is 4.93. The van der Waals surface area contributed by atoms with E-state index >= 15 is 0 Å². The van der Waals surface area contributed by atoms with Gasteiger partial charge in [0, 0.05) is 16.1 Å². The number of amides is 1. The van der Waals surface area contributed by atoms with Gasteiger partial charge < -0.3 is 10.3 Å². The van der Waals surface area contributed by atoms with E-state index in [1.165, 1.54) is 6.92 Å². The maximum absolute atomic E-state index is 12.3. The van der Waals surface area contributed by atoms with Gasteiger partial charge >= 0.3 is 0 Å².